The zero-order valence-electron chi connectivity index (χ0n) is 10.9. The summed E-state index contributed by atoms with van der Waals surface area (Å²) in [5, 5.41) is -3.43. The van der Waals surface area contributed by atoms with Crippen molar-refractivity contribution in [1.29, 1.82) is 0 Å². The molecule has 1 atom stereocenters. The molecule has 0 bridgehead atoms. The second-order valence-corrected chi connectivity index (χ2v) is 6.29. The molecule has 2 aromatic carbocycles. The maximum absolute atomic E-state index is 14.9. The van der Waals surface area contributed by atoms with Crippen molar-refractivity contribution in [2.75, 3.05) is 0 Å². The van der Waals surface area contributed by atoms with Crippen LogP contribution in [-0.4, -0.2) is 19.2 Å². The Morgan fingerprint density at radius 3 is 1.95 bits per heavy atom. The van der Waals surface area contributed by atoms with E-state index in [9.17, 15) is 17.6 Å². The fourth-order valence-corrected chi connectivity index (χ4v) is 3.16. The topological polar surface area (TPSA) is 51.2 Å². The fourth-order valence-electron chi connectivity index (χ4n) is 1.80. The summed E-state index contributed by atoms with van der Waals surface area (Å²) in [5.41, 5.74) is -0.0996. The van der Waals surface area contributed by atoms with Gasteiger partial charge >= 0.3 is 5.00 Å². The minimum absolute atomic E-state index is 0.0996. The van der Waals surface area contributed by atoms with Crippen molar-refractivity contribution in [2.24, 2.45) is 0 Å². The maximum atomic E-state index is 14.9. The monoisotopic (exact) mass is 302 g/mol. The lowest BCUT2D eigenvalue weighted by Gasteiger charge is -2.18. The summed E-state index contributed by atoms with van der Waals surface area (Å²) in [5.74, 6) is 0.242. The van der Waals surface area contributed by atoms with Crippen molar-refractivity contribution in [3.8, 4) is 12.3 Å². The van der Waals surface area contributed by atoms with Gasteiger partial charge in [-0.15, -0.1) is 6.42 Å². The summed E-state index contributed by atoms with van der Waals surface area (Å²) in [4.78, 5) is 11.9. The minimum atomic E-state index is -4.65. The first kappa shape index (κ1) is 14.9. The lowest BCUT2D eigenvalue weighted by atomic mass is 10.1. The molecule has 0 aromatic heterocycles. The number of hydrogen-bond donors (Lipinski definition) is 0. The molecule has 0 fully saturated rings. The highest BCUT2D eigenvalue weighted by atomic mass is 32.2. The van der Waals surface area contributed by atoms with E-state index in [1.807, 2.05) is 0 Å². The molecule has 0 aliphatic rings. The summed E-state index contributed by atoms with van der Waals surface area (Å²) in [7, 11) is -4.65. The highest BCUT2D eigenvalue weighted by molar-refractivity contribution is 7.93. The van der Waals surface area contributed by atoms with Crippen LogP contribution in [0.5, 0.6) is 0 Å². The summed E-state index contributed by atoms with van der Waals surface area (Å²) in [6.45, 7) is 0. The number of halogens is 1. The van der Waals surface area contributed by atoms with Gasteiger partial charge in [-0.05, 0) is 18.1 Å². The first-order valence-corrected chi connectivity index (χ1v) is 7.48. The molecule has 0 amide bonds. The Labute approximate surface area is 122 Å². The van der Waals surface area contributed by atoms with Crippen LogP contribution in [0.25, 0.3) is 0 Å². The number of alkyl halides is 1. The van der Waals surface area contributed by atoms with Crippen LogP contribution in [0.1, 0.15) is 10.4 Å². The highest BCUT2D eigenvalue weighted by Gasteiger charge is 2.51. The van der Waals surface area contributed by atoms with Gasteiger partial charge < -0.3 is 0 Å². The second-order valence-electron chi connectivity index (χ2n) is 4.25. The van der Waals surface area contributed by atoms with Crippen LogP contribution in [0.4, 0.5) is 4.39 Å². The van der Waals surface area contributed by atoms with E-state index >= 15 is 0 Å². The van der Waals surface area contributed by atoms with Crippen LogP contribution in [0, 0.1) is 12.3 Å². The molecule has 0 radical (unpaired) electrons. The third kappa shape index (κ3) is 2.46. The van der Waals surface area contributed by atoms with E-state index in [-0.39, 0.29) is 10.5 Å². The van der Waals surface area contributed by atoms with E-state index in [1.54, 1.807) is 12.1 Å². The molecule has 0 saturated heterocycles. The molecular formula is C16H11FO3S. The van der Waals surface area contributed by atoms with Crippen molar-refractivity contribution >= 4 is 15.6 Å². The van der Waals surface area contributed by atoms with Crippen LogP contribution in [-0.2, 0) is 9.84 Å². The molecule has 106 valence electrons. The second kappa shape index (κ2) is 5.51. The molecule has 0 aliphatic carbocycles. The van der Waals surface area contributed by atoms with Gasteiger partial charge in [0.05, 0.1) is 4.90 Å². The molecule has 3 nitrogen and oxygen atoms in total. The van der Waals surface area contributed by atoms with Crippen molar-refractivity contribution < 1.29 is 17.6 Å². The van der Waals surface area contributed by atoms with Gasteiger partial charge in [0, 0.05) is 5.56 Å². The summed E-state index contributed by atoms with van der Waals surface area (Å²) >= 11 is 0. The van der Waals surface area contributed by atoms with Crippen molar-refractivity contribution in [3.63, 3.8) is 0 Å². The average Bonchev–Trinajstić information content (AvgIpc) is 2.54. The number of carbonyl (C=O) groups excluding carboxylic acids is 1. The molecule has 2 rings (SSSR count). The largest absolute Gasteiger partial charge is 0.336 e. The van der Waals surface area contributed by atoms with Crippen LogP contribution in [0.15, 0.2) is 65.6 Å². The third-order valence-corrected chi connectivity index (χ3v) is 4.87. The molecule has 0 aliphatic heterocycles. The number of ketones is 1. The molecule has 2 aromatic rings. The Morgan fingerprint density at radius 2 is 1.48 bits per heavy atom. The summed E-state index contributed by atoms with van der Waals surface area (Å²) in [6.07, 6.45) is 5.04. The Bertz CT molecular complexity index is 792. The first-order chi connectivity index (χ1) is 9.93. The zero-order chi connectivity index (χ0) is 15.5. The van der Waals surface area contributed by atoms with Gasteiger partial charge in [0.25, 0.3) is 0 Å². The smallest absolute Gasteiger partial charge is 0.288 e. The Balaban J connectivity index is 2.58. The predicted octanol–water partition coefficient (Wildman–Crippen LogP) is 2.64. The minimum Gasteiger partial charge on any atom is -0.288 e. The number of benzene rings is 2. The number of carbonyl (C=O) groups is 1. The third-order valence-electron chi connectivity index (χ3n) is 2.94. The Hall–Kier alpha value is -2.45. The molecule has 0 heterocycles. The number of Topliss-reactive ketones (excluding diaryl/α,β-unsaturated/α-hetero) is 1. The quantitative estimate of drug-likeness (QED) is 0.644. The number of rotatable bonds is 4. The summed E-state index contributed by atoms with van der Waals surface area (Å²) in [6, 6.07) is 14.1. The van der Waals surface area contributed by atoms with E-state index < -0.39 is 20.6 Å². The highest BCUT2D eigenvalue weighted by Crippen LogP contribution is 2.30. The van der Waals surface area contributed by atoms with Crippen molar-refractivity contribution in [3.05, 3.63) is 66.2 Å². The lowest BCUT2D eigenvalue weighted by molar-refractivity contribution is 0.0885. The SMILES string of the molecule is C#CC(F)(C(=O)c1ccccc1)S(=O)(=O)c1ccccc1. The van der Waals surface area contributed by atoms with Gasteiger partial charge in [-0.1, -0.05) is 48.5 Å². The van der Waals surface area contributed by atoms with Crippen molar-refractivity contribution in [2.45, 2.75) is 9.90 Å². The Morgan fingerprint density at radius 1 is 1.00 bits per heavy atom. The van der Waals surface area contributed by atoms with Gasteiger partial charge in [0.1, 0.15) is 0 Å². The van der Waals surface area contributed by atoms with E-state index in [0.717, 1.165) is 0 Å². The molecular weight excluding hydrogens is 291 g/mol. The predicted molar refractivity (Wildman–Crippen MR) is 77.1 cm³/mol. The normalized spacial score (nSPS) is 13.9. The van der Waals surface area contributed by atoms with Gasteiger partial charge in [-0.25, -0.2) is 12.8 Å². The molecule has 0 saturated carbocycles. The van der Waals surface area contributed by atoms with Gasteiger partial charge in [-0.3, -0.25) is 4.79 Å². The zero-order valence-corrected chi connectivity index (χ0v) is 11.7. The van der Waals surface area contributed by atoms with Crippen LogP contribution in [0.2, 0.25) is 0 Å². The molecule has 21 heavy (non-hydrogen) atoms. The van der Waals surface area contributed by atoms with E-state index in [1.165, 1.54) is 54.5 Å². The van der Waals surface area contributed by atoms with E-state index in [0.29, 0.717) is 0 Å². The van der Waals surface area contributed by atoms with E-state index in [4.69, 9.17) is 6.42 Å². The Kier molecular flexibility index (Phi) is 3.92. The first-order valence-electron chi connectivity index (χ1n) is 5.99. The van der Waals surface area contributed by atoms with E-state index in [2.05, 4.69) is 0 Å². The number of hydrogen-bond acceptors (Lipinski definition) is 3. The summed E-state index contributed by atoms with van der Waals surface area (Å²) < 4.78 is 39.6. The molecule has 1 unspecified atom stereocenters. The lowest BCUT2D eigenvalue weighted by Crippen LogP contribution is -2.41. The fraction of sp³-hybridized carbons (Fsp3) is 0.0625. The number of terminal acetylenes is 1. The molecule has 5 heteroatoms. The standard InChI is InChI=1S/C16H11FO3S/c1-2-16(17,15(18)13-9-5-3-6-10-13)21(19,20)14-11-7-4-8-12-14/h1,3-12H. The molecule has 0 N–H and O–H groups in total. The average molecular weight is 302 g/mol. The van der Waals surface area contributed by atoms with Crippen LogP contribution in [0.3, 0.4) is 0 Å². The van der Waals surface area contributed by atoms with Gasteiger partial charge in [0.15, 0.2) is 0 Å². The maximum Gasteiger partial charge on any atom is 0.336 e. The number of sulfone groups is 1. The van der Waals surface area contributed by atoms with Crippen LogP contribution >= 0.6 is 0 Å². The van der Waals surface area contributed by atoms with Crippen molar-refractivity contribution in [1.82, 2.24) is 0 Å². The van der Waals surface area contributed by atoms with Gasteiger partial charge in [-0.2, -0.15) is 0 Å². The van der Waals surface area contributed by atoms with Crippen LogP contribution < -0.4 is 0 Å². The van der Waals surface area contributed by atoms with Gasteiger partial charge in [0.2, 0.25) is 15.6 Å². The molecule has 0 spiro atoms.